The minimum Gasteiger partial charge on any atom is -0.482 e. The van der Waals surface area contributed by atoms with Crippen LogP contribution in [0.25, 0.3) is 0 Å². The number of amidine groups is 1. The fourth-order valence-electron chi connectivity index (χ4n) is 2.16. The molecule has 0 unspecified atom stereocenters. The number of carbonyl (C=O) groups is 1. The highest BCUT2D eigenvalue weighted by molar-refractivity contribution is 9.10. The minimum atomic E-state index is -0.659. The highest BCUT2D eigenvalue weighted by Gasteiger charge is 2.09. The number of hydrogen-bond acceptors (Lipinski definition) is 4. The Morgan fingerprint density at radius 1 is 1.19 bits per heavy atom. The van der Waals surface area contributed by atoms with E-state index in [9.17, 15) is 4.79 Å². The largest absolute Gasteiger partial charge is 0.482 e. The molecular weight excluding hydrogens is 443 g/mol. The van der Waals surface area contributed by atoms with E-state index in [1.54, 1.807) is 18.2 Å². The molecule has 138 valence electrons. The number of rotatable bonds is 6. The van der Waals surface area contributed by atoms with E-state index in [0.29, 0.717) is 15.8 Å². The zero-order valence-electron chi connectivity index (χ0n) is 14.2. The molecule has 2 aromatic carbocycles. The van der Waals surface area contributed by atoms with E-state index in [2.05, 4.69) is 21.1 Å². The number of ether oxygens (including phenoxy) is 1. The Bertz CT molecular complexity index is 833. The maximum atomic E-state index is 11.8. The van der Waals surface area contributed by atoms with Crippen LogP contribution in [-0.4, -0.2) is 18.4 Å². The zero-order valence-corrected chi connectivity index (χ0v) is 17.3. The summed E-state index contributed by atoms with van der Waals surface area (Å²) in [6.45, 7) is 3.60. The van der Waals surface area contributed by atoms with Gasteiger partial charge in [0, 0.05) is 20.9 Å². The van der Waals surface area contributed by atoms with Crippen molar-refractivity contribution in [3.05, 3.63) is 61.5 Å². The van der Waals surface area contributed by atoms with Crippen LogP contribution in [0.2, 0.25) is 10.0 Å². The molecule has 0 amide bonds. The lowest BCUT2D eigenvalue weighted by Crippen LogP contribution is -2.19. The van der Waals surface area contributed by atoms with Crippen molar-refractivity contribution >= 4 is 50.9 Å². The first-order valence-electron chi connectivity index (χ1n) is 7.62. The average Bonchev–Trinajstić information content (AvgIpc) is 2.58. The number of oxime groups is 1. The molecule has 0 radical (unpaired) electrons. The molecule has 0 heterocycles. The van der Waals surface area contributed by atoms with Gasteiger partial charge in [-0.2, -0.15) is 0 Å². The van der Waals surface area contributed by atoms with Gasteiger partial charge in [0.05, 0.1) is 0 Å². The zero-order chi connectivity index (χ0) is 19.3. The molecule has 0 aliphatic carbocycles. The molecule has 0 aromatic heterocycles. The predicted octanol–water partition coefficient (Wildman–Crippen LogP) is 4.81. The van der Waals surface area contributed by atoms with Gasteiger partial charge in [-0.15, -0.1) is 0 Å². The predicted molar refractivity (Wildman–Crippen MR) is 107 cm³/mol. The summed E-state index contributed by atoms with van der Waals surface area (Å²) in [6, 6.07) is 8.68. The minimum absolute atomic E-state index is 0.109. The number of benzene rings is 2. The molecule has 0 spiro atoms. The normalized spacial score (nSPS) is 11.3. The number of carbonyl (C=O) groups excluding carboxylic acids is 1. The van der Waals surface area contributed by atoms with Crippen LogP contribution in [-0.2, 0) is 16.1 Å². The molecule has 2 aromatic rings. The van der Waals surface area contributed by atoms with Gasteiger partial charge in [-0.25, -0.2) is 4.79 Å². The third kappa shape index (κ3) is 5.90. The number of nitrogens with two attached hydrogens (primary N) is 1. The van der Waals surface area contributed by atoms with Crippen molar-refractivity contribution in [1.29, 1.82) is 0 Å². The number of halogens is 3. The second-order valence-corrected chi connectivity index (χ2v) is 7.25. The maximum absolute atomic E-state index is 11.8. The third-order valence-electron chi connectivity index (χ3n) is 3.42. The lowest BCUT2D eigenvalue weighted by molar-refractivity contribution is -0.146. The monoisotopic (exact) mass is 458 g/mol. The maximum Gasteiger partial charge on any atom is 0.372 e. The van der Waals surface area contributed by atoms with Crippen LogP contribution in [0.15, 0.2) is 40.0 Å². The molecule has 0 aliphatic rings. The average molecular weight is 460 g/mol. The van der Waals surface area contributed by atoms with E-state index in [4.69, 9.17) is 38.5 Å². The Labute approximate surface area is 170 Å². The lowest BCUT2D eigenvalue weighted by Gasteiger charge is -2.09. The molecule has 5 nitrogen and oxygen atoms in total. The Hall–Kier alpha value is -1.76. The van der Waals surface area contributed by atoms with Crippen LogP contribution >= 0.6 is 39.1 Å². The van der Waals surface area contributed by atoms with E-state index >= 15 is 0 Å². The summed E-state index contributed by atoms with van der Waals surface area (Å²) in [4.78, 5) is 16.5. The van der Waals surface area contributed by atoms with Crippen molar-refractivity contribution in [3.8, 4) is 5.75 Å². The van der Waals surface area contributed by atoms with E-state index < -0.39 is 5.97 Å². The number of nitrogens with zero attached hydrogens (tertiary/aromatic N) is 1. The molecule has 0 bridgehead atoms. The quantitative estimate of drug-likeness (QED) is 0.291. The van der Waals surface area contributed by atoms with Crippen LogP contribution in [0.3, 0.4) is 0 Å². The first-order chi connectivity index (χ1) is 12.3. The summed E-state index contributed by atoms with van der Waals surface area (Å²) in [6.07, 6.45) is 0.231. The molecule has 8 heteroatoms. The van der Waals surface area contributed by atoms with E-state index in [0.717, 1.165) is 21.2 Å². The van der Waals surface area contributed by atoms with Gasteiger partial charge in [-0.3, -0.25) is 0 Å². The SMILES string of the molecule is Cc1cc(OCC(=O)O/N=C(/N)Cc2ccc(Cl)cc2Cl)cc(C)c1Br. The molecule has 0 aliphatic heterocycles. The van der Waals surface area contributed by atoms with Crippen molar-refractivity contribution in [2.45, 2.75) is 20.3 Å². The van der Waals surface area contributed by atoms with Crippen LogP contribution in [0.5, 0.6) is 5.75 Å². The summed E-state index contributed by atoms with van der Waals surface area (Å²) in [5.74, 6) is 0.0244. The van der Waals surface area contributed by atoms with Crippen molar-refractivity contribution in [1.82, 2.24) is 0 Å². The Morgan fingerprint density at radius 3 is 2.46 bits per heavy atom. The first-order valence-corrected chi connectivity index (χ1v) is 9.17. The topological polar surface area (TPSA) is 73.9 Å². The number of aryl methyl sites for hydroxylation is 2. The Balaban J connectivity index is 1.88. The van der Waals surface area contributed by atoms with Gasteiger partial charge in [0.2, 0.25) is 0 Å². The fraction of sp³-hybridized carbons (Fsp3) is 0.222. The van der Waals surface area contributed by atoms with Gasteiger partial charge in [0.25, 0.3) is 0 Å². The molecule has 2 N–H and O–H groups in total. The fourth-order valence-corrected chi connectivity index (χ4v) is 2.86. The second-order valence-electron chi connectivity index (χ2n) is 5.62. The van der Waals surface area contributed by atoms with Crippen LogP contribution in [0.1, 0.15) is 16.7 Å². The first kappa shape index (κ1) is 20.6. The van der Waals surface area contributed by atoms with E-state index in [-0.39, 0.29) is 18.9 Å². The smallest absolute Gasteiger partial charge is 0.372 e. The van der Waals surface area contributed by atoms with Crippen LogP contribution in [0.4, 0.5) is 0 Å². The van der Waals surface area contributed by atoms with Gasteiger partial charge in [0.1, 0.15) is 11.6 Å². The van der Waals surface area contributed by atoms with Gasteiger partial charge < -0.3 is 15.3 Å². The highest BCUT2D eigenvalue weighted by Crippen LogP contribution is 2.26. The van der Waals surface area contributed by atoms with Crippen molar-refractivity contribution in [2.24, 2.45) is 10.9 Å². The number of hydrogen-bond donors (Lipinski definition) is 1. The van der Waals surface area contributed by atoms with Crippen LogP contribution in [0, 0.1) is 13.8 Å². The van der Waals surface area contributed by atoms with Crippen LogP contribution < -0.4 is 10.5 Å². The molecular formula is C18H17BrCl2N2O3. The summed E-state index contributed by atoms with van der Waals surface area (Å²) in [7, 11) is 0. The van der Waals surface area contributed by atoms with Gasteiger partial charge >= 0.3 is 5.97 Å². The molecule has 0 atom stereocenters. The van der Waals surface area contributed by atoms with Gasteiger partial charge in [-0.1, -0.05) is 50.4 Å². The second kappa shape index (κ2) is 9.26. The van der Waals surface area contributed by atoms with Crippen molar-refractivity contribution in [3.63, 3.8) is 0 Å². The molecule has 0 fully saturated rings. The third-order valence-corrected chi connectivity index (χ3v) is 5.26. The highest BCUT2D eigenvalue weighted by atomic mass is 79.9. The van der Waals surface area contributed by atoms with E-state index in [1.165, 1.54) is 0 Å². The molecule has 26 heavy (non-hydrogen) atoms. The Morgan fingerprint density at radius 2 is 1.85 bits per heavy atom. The Kier molecular flexibility index (Phi) is 7.32. The lowest BCUT2D eigenvalue weighted by atomic mass is 10.1. The van der Waals surface area contributed by atoms with Gasteiger partial charge in [-0.05, 0) is 54.8 Å². The standard InChI is InChI=1S/C18H17BrCl2N2O3/c1-10-5-14(6-11(2)18(10)19)25-9-17(24)26-23-16(22)7-12-3-4-13(20)8-15(12)21/h3-6,8H,7,9H2,1-2H3,(H2,22,23). The van der Waals surface area contributed by atoms with Crippen molar-refractivity contribution < 1.29 is 14.4 Å². The summed E-state index contributed by atoms with van der Waals surface area (Å²) in [5, 5.41) is 4.60. The summed E-state index contributed by atoms with van der Waals surface area (Å²) >= 11 is 15.4. The summed E-state index contributed by atoms with van der Waals surface area (Å²) in [5.41, 5.74) is 8.51. The van der Waals surface area contributed by atoms with E-state index in [1.807, 2.05) is 26.0 Å². The molecule has 2 rings (SSSR count). The molecule has 0 saturated heterocycles. The van der Waals surface area contributed by atoms with Crippen molar-refractivity contribution in [2.75, 3.05) is 6.61 Å². The molecule has 0 saturated carbocycles. The van der Waals surface area contributed by atoms with Gasteiger partial charge in [0.15, 0.2) is 6.61 Å². The summed E-state index contributed by atoms with van der Waals surface area (Å²) < 4.78 is 6.43.